The minimum atomic E-state index is -4.16. The largest absolute Gasteiger partial charge is 0.512 e. The molecule has 0 spiro atoms. The van der Waals surface area contributed by atoms with Crippen LogP contribution in [0.1, 0.15) is 95.9 Å². The van der Waals surface area contributed by atoms with E-state index in [4.69, 9.17) is 13.8 Å². The number of hydrogen-bond acceptors (Lipinski definition) is 6. The first-order valence-corrected chi connectivity index (χ1v) is 25.5. The van der Waals surface area contributed by atoms with Gasteiger partial charge in [0, 0.05) is 67.6 Å². The van der Waals surface area contributed by atoms with Crippen molar-refractivity contribution in [1.82, 2.24) is 9.97 Å². The number of ketones is 1. The van der Waals surface area contributed by atoms with Crippen molar-refractivity contribution < 1.29 is 52.0 Å². The standard InChI is InChI=1S/C26H22NO.C25H17F3NO.C13H24O2.Ir/c1-16(2)12-18-8-9-20-19(15-18)10-11-27-25(20)23-14-17(3)13-22-21-6-4-5-7-24(21)28-26(22)23;1-15-12-20-19-4-2-3-5-22(19)30-24(20)21(13-15)23-18-7-6-16(8-10-25(26,27)28)14-17(18)9-11-29-23;1-5-10(6-2)12(14)9-13(15)11(7-3)8-4;/h4-11,13,15-16H,12H2,1-3H3;2-7,9,11-12,14H,8,10H2,1H3;9-11,14H,5-8H2,1-4H3;/q2*-1;;/b;;12-9-;. The Morgan fingerprint density at radius 2 is 1.08 bits per heavy atom. The van der Waals surface area contributed by atoms with Crippen LogP contribution >= 0.6 is 0 Å². The fourth-order valence-electron chi connectivity index (χ4n) is 9.81. The number of allylic oxidation sites excluding steroid dienone is 2. The number of halogens is 3. The summed E-state index contributed by atoms with van der Waals surface area (Å²) < 4.78 is 50.2. The molecule has 0 aliphatic heterocycles. The molecule has 4 aromatic heterocycles. The molecule has 1 N–H and O–H groups in total. The zero-order chi connectivity index (χ0) is 52.0. The molecule has 1 radical (unpaired) electrons. The van der Waals surface area contributed by atoms with E-state index in [9.17, 15) is 23.1 Å². The number of nitrogens with zero attached hydrogens (tertiary/aromatic N) is 2. The molecular weight excluding hydrogens is 1110 g/mol. The van der Waals surface area contributed by atoms with Gasteiger partial charge < -0.3 is 23.9 Å². The Labute approximate surface area is 445 Å². The second kappa shape index (κ2) is 24.2. The fraction of sp³-hybridized carbons (Fsp3) is 0.297. The smallest absolute Gasteiger partial charge is 0.389 e. The van der Waals surface area contributed by atoms with Gasteiger partial charge in [-0.2, -0.15) is 13.2 Å². The summed E-state index contributed by atoms with van der Waals surface area (Å²) in [6.07, 6.45) is 4.52. The number of carbonyl (C=O) groups excluding carboxylic acids is 1. The average molecular weight is 1170 g/mol. The number of aryl methyl sites for hydroxylation is 3. The van der Waals surface area contributed by atoms with Gasteiger partial charge in [0.1, 0.15) is 11.2 Å². The van der Waals surface area contributed by atoms with Gasteiger partial charge in [0.15, 0.2) is 5.78 Å². The van der Waals surface area contributed by atoms with Gasteiger partial charge in [0.05, 0.1) is 16.9 Å². The van der Waals surface area contributed by atoms with Gasteiger partial charge in [0.25, 0.3) is 0 Å². The zero-order valence-electron chi connectivity index (χ0n) is 43.3. The SMILES string of the molecule is CCC(CC)C(=O)/C=C(\O)C(CC)CC.Cc1[c-]c(-c2nccc3cc(CC(C)C)ccc23)c2oc3ccccc3c2c1.Cc1[c-]c(-c2nccc3cc(CCC(F)(F)F)ccc23)c2oc3ccccc3c2c1.[Ir]. The molecule has 0 saturated carbocycles. The van der Waals surface area contributed by atoms with Crippen LogP contribution in [0.25, 0.3) is 87.9 Å². The number of alkyl halides is 3. The van der Waals surface area contributed by atoms with E-state index in [0.29, 0.717) is 22.8 Å². The summed E-state index contributed by atoms with van der Waals surface area (Å²) in [5.41, 5.74) is 10.7. The molecule has 0 aliphatic rings. The van der Waals surface area contributed by atoms with Crippen LogP contribution in [0, 0.1) is 43.7 Å². The summed E-state index contributed by atoms with van der Waals surface area (Å²) in [4.78, 5) is 21.0. The third-order valence-corrected chi connectivity index (χ3v) is 13.6. The Kier molecular flexibility index (Phi) is 18.0. The molecule has 10 rings (SSSR count). The molecule has 0 amide bonds. The summed E-state index contributed by atoms with van der Waals surface area (Å²) in [5.74, 6) is 1.19. The predicted molar refractivity (Wildman–Crippen MR) is 293 cm³/mol. The van der Waals surface area contributed by atoms with Crippen molar-refractivity contribution in [3.63, 3.8) is 0 Å². The number of pyridine rings is 2. The number of aromatic nitrogens is 2. The Bertz CT molecular complexity index is 3600. The molecule has 0 unspecified atom stereocenters. The molecule has 0 saturated heterocycles. The minimum absolute atomic E-state index is 0. The monoisotopic (exact) mass is 1170 g/mol. The maximum atomic E-state index is 12.6. The number of aliphatic hydroxyl groups is 1. The van der Waals surface area contributed by atoms with Crippen molar-refractivity contribution in [2.75, 3.05) is 0 Å². The molecule has 385 valence electrons. The third-order valence-electron chi connectivity index (χ3n) is 13.6. The molecular formula is C64H63F3IrN2O4-2. The summed E-state index contributed by atoms with van der Waals surface area (Å²) in [6.45, 7) is 16.6. The summed E-state index contributed by atoms with van der Waals surface area (Å²) in [7, 11) is 0. The zero-order valence-corrected chi connectivity index (χ0v) is 45.7. The van der Waals surface area contributed by atoms with Crippen LogP contribution in [-0.2, 0) is 37.7 Å². The van der Waals surface area contributed by atoms with Gasteiger partial charge in [-0.1, -0.05) is 150 Å². The van der Waals surface area contributed by atoms with E-state index in [-0.39, 0.29) is 49.9 Å². The Balaban J connectivity index is 0.000000171. The average Bonchev–Trinajstić information content (AvgIpc) is 3.94. The molecule has 6 nitrogen and oxygen atoms in total. The molecule has 6 aromatic carbocycles. The maximum Gasteiger partial charge on any atom is 0.389 e. The van der Waals surface area contributed by atoms with Gasteiger partial charge in [-0.25, -0.2) is 0 Å². The van der Waals surface area contributed by atoms with Crippen LogP contribution in [0.5, 0.6) is 0 Å². The summed E-state index contributed by atoms with van der Waals surface area (Å²) in [6, 6.07) is 43.1. The van der Waals surface area contributed by atoms with Gasteiger partial charge in [-0.05, 0) is 113 Å². The molecule has 0 atom stereocenters. The van der Waals surface area contributed by atoms with Gasteiger partial charge in [-0.3, -0.25) is 4.79 Å². The van der Waals surface area contributed by atoms with Crippen LogP contribution in [0.2, 0.25) is 0 Å². The van der Waals surface area contributed by atoms with Crippen molar-refractivity contribution in [2.45, 2.75) is 107 Å². The number of carbonyl (C=O) groups is 1. The second-order valence-electron chi connectivity index (χ2n) is 19.5. The number of furan rings is 2. The van der Waals surface area contributed by atoms with E-state index in [2.05, 4.69) is 80.4 Å². The molecule has 0 fully saturated rings. The van der Waals surface area contributed by atoms with E-state index in [1.165, 1.54) is 17.0 Å². The van der Waals surface area contributed by atoms with Gasteiger partial charge >= 0.3 is 6.18 Å². The van der Waals surface area contributed by atoms with Gasteiger partial charge in [0.2, 0.25) is 0 Å². The van der Waals surface area contributed by atoms with Crippen LogP contribution in [-0.4, -0.2) is 27.0 Å². The van der Waals surface area contributed by atoms with Crippen molar-refractivity contribution >= 4 is 71.2 Å². The minimum Gasteiger partial charge on any atom is -0.512 e. The number of rotatable bonds is 13. The van der Waals surface area contributed by atoms with E-state index in [1.807, 2.05) is 95.4 Å². The summed E-state index contributed by atoms with van der Waals surface area (Å²) >= 11 is 0. The van der Waals surface area contributed by atoms with Crippen molar-refractivity contribution in [3.8, 4) is 22.5 Å². The maximum absolute atomic E-state index is 12.6. The summed E-state index contributed by atoms with van der Waals surface area (Å²) in [5, 5.41) is 18.1. The first-order chi connectivity index (χ1) is 35.1. The molecule has 4 heterocycles. The number of hydrogen-bond donors (Lipinski definition) is 1. The molecule has 10 aromatic rings. The van der Waals surface area contributed by atoms with Crippen LogP contribution < -0.4 is 0 Å². The normalized spacial score (nSPS) is 12.0. The van der Waals surface area contributed by atoms with Crippen LogP contribution in [0.15, 0.2) is 142 Å². The van der Waals surface area contributed by atoms with E-state index >= 15 is 0 Å². The van der Waals surface area contributed by atoms with Crippen LogP contribution in [0.3, 0.4) is 0 Å². The van der Waals surface area contributed by atoms with E-state index in [1.54, 1.807) is 18.3 Å². The third kappa shape index (κ3) is 12.5. The van der Waals surface area contributed by atoms with Crippen molar-refractivity contribution in [1.29, 1.82) is 0 Å². The topological polar surface area (TPSA) is 89.4 Å². The van der Waals surface area contributed by atoms with Crippen molar-refractivity contribution in [2.24, 2.45) is 17.8 Å². The number of benzene rings is 6. The molecule has 0 aliphatic carbocycles. The quantitative estimate of drug-likeness (QED) is 0.0703. The second-order valence-corrected chi connectivity index (χ2v) is 19.5. The number of fused-ring (bicyclic) bond motifs is 8. The Morgan fingerprint density at radius 3 is 1.54 bits per heavy atom. The predicted octanol–water partition coefficient (Wildman–Crippen LogP) is 18.4. The van der Waals surface area contributed by atoms with E-state index < -0.39 is 12.6 Å². The van der Waals surface area contributed by atoms with Gasteiger partial charge in [-0.15, -0.1) is 35.4 Å². The Hall–Kier alpha value is -6.61. The number of para-hydroxylation sites is 2. The Morgan fingerprint density at radius 1 is 0.622 bits per heavy atom. The molecule has 10 heteroatoms. The molecule has 0 bridgehead atoms. The number of aliphatic hydroxyl groups excluding tert-OH is 1. The fourth-order valence-corrected chi connectivity index (χ4v) is 9.81. The van der Waals surface area contributed by atoms with Crippen molar-refractivity contribution in [3.05, 3.63) is 168 Å². The first kappa shape index (κ1) is 55.1. The van der Waals surface area contributed by atoms with Crippen LogP contribution in [0.4, 0.5) is 13.2 Å². The molecule has 74 heavy (non-hydrogen) atoms. The first-order valence-electron chi connectivity index (χ1n) is 25.5. The van der Waals surface area contributed by atoms with E-state index in [0.717, 1.165) is 115 Å².